The fraction of sp³-hybridized carbons (Fsp3) is 0.391. The van der Waals surface area contributed by atoms with Gasteiger partial charge in [0, 0.05) is 25.2 Å². The Morgan fingerprint density at radius 1 is 1.06 bits per heavy atom. The Morgan fingerprint density at radius 2 is 1.77 bits per heavy atom. The van der Waals surface area contributed by atoms with E-state index in [0.717, 1.165) is 24.3 Å². The predicted octanol–water partition coefficient (Wildman–Crippen LogP) is 3.54. The summed E-state index contributed by atoms with van der Waals surface area (Å²) in [5.41, 5.74) is 1.21. The zero-order valence-electron chi connectivity index (χ0n) is 17.7. The van der Waals surface area contributed by atoms with E-state index in [2.05, 4.69) is 15.5 Å². The first kappa shape index (κ1) is 21.3. The van der Waals surface area contributed by atoms with Crippen LogP contribution in [0.3, 0.4) is 0 Å². The van der Waals surface area contributed by atoms with Gasteiger partial charge in [-0.25, -0.2) is 0 Å². The smallest absolute Gasteiger partial charge is 0.253 e. The molecule has 0 aliphatic carbocycles. The topological polar surface area (TPSA) is 79.6 Å². The molecule has 3 heterocycles. The van der Waals surface area contributed by atoms with Crippen molar-refractivity contribution < 1.29 is 9.59 Å². The molecule has 2 amide bonds. The second-order valence-electron chi connectivity index (χ2n) is 8.26. The van der Waals surface area contributed by atoms with Gasteiger partial charge >= 0.3 is 0 Å². The fourth-order valence-electron chi connectivity index (χ4n) is 4.07. The molecule has 0 bridgehead atoms. The van der Waals surface area contributed by atoms with Crippen molar-refractivity contribution in [3.8, 4) is 0 Å². The highest BCUT2D eigenvalue weighted by Crippen LogP contribution is 2.28. The lowest BCUT2D eigenvalue weighted by molar-refractivity contribution is -0.135. The second-order valence-corrected chi connectivity index (χ2v) is 8.67. The summed E-state index contributed by atoms with van der Waals surface area (Å²) in [7, 11) is 0. The van der Waals surface area contributed by atoms with Gasteiger partial charge in [0.2, 0.25) is 5.91 Å². The molecule has 7 nitrogen and oxygen atoms in total. The molecule has 1 saturated heterocycles. The van der Waals surface area contributed by atoms with Gasteiger partial charge in [-0.2, -0.15) is 0 Å². The molecule has 162 valence electrons. The van der Waals surface area contributed by atoms with E-state index < -0.39 is 6.04 Å². The van der Waals surface area contributed by atoms with Crippen molar-refractivity contribution in [3.05, 3.63) is 65.1 Å². The molecular weight excluding hydrogens is 414 g/mol. The van der Waals surface area contributed by atoms with Gasteiger partial charge in [-0.05, 0) is 43.0 Å². The summed E-state index contributed by atoms with van der Waals surface area (Å²) in [6, 6.07) is 12.1. The average molecular weight is 440 g/mol. The summed E-state index contributed by atoms with van der Waals surface area (Å²) in [5.74, 6) is 0.756. The quantitative estimate of drug-likeness (QED) is 0.659. The maximum atomic E-state index is 13.2. The van der Waals surface area contributed by atoms with Crippen LogP contribution in [0.25, 0.3) is 5.65 Å². The molecule has 3 aromatic rings. The number of carbonyl (C=O) groups excluding carboxylic acids is 2. The maximum absolute atomic E-state index is 13.2. The zero-order valence-corrected chi connectivity index (χ0v) is 18.4. The molecule has 1 aliphatic rings. The number of carbonyl (C=O) groups is 2. The minimum Gasteiger partial charge on any atom is -0.341 e. The van der Waals surface area contributed by atoms with E-state index in [1.165, 1.54) is 0 Å². The normalized spacial score (nSPS) is 15.9. The lowest BCUT2D eigenvalue weighted by Gasteiger charge is -2.35. The SMILES string of the molecule is CC(C)[C@H](NC(=O)c1ccccc1Cl)C(=O)N1CCC(c2nnc3ccccn23)CC1. The molecule has 1 atom stereocenters. The summed E-state index contributed by atoms with van der Waals surface area (Å²) in [6.45, 7) is 5.11. The van der Waals surface area contributed by atoms with Crippen LogP contribution >= 0.6 is 11.6 Å². The first-order chi connectivity index (χ1) is 15.0. The molecule has 2 aromatic heterocycles. The first-order valence-corrected chi connectivity index (χ1v) is 11.0. The van der Waals surface area contributed by atoms with E-state index in [4.69, 9.17) is 11.6 Å². The van der Waals surface area contributed by atoms with E-state index in [-0.39, 0.29) is 23.7 Å². The Morgan fingerprint density at radius 3 is 2.48 bits per heavy atom. The number of hydrogen-bond acceptors (Lipinski definition) is 4. The van der Waals surface area contributed by atoms with Gasteiger partial charge in [0.15, 0.2) is 5.65 Å². The minimum atomic E-state index is -0.603. The molecule has 1 aliphatic heterocycles. The molecular formula is C23H26ClN5O2. The van der Waals surface area contributed by atoms with Crippen LogP contribution in [0.2, 0.25) is 5.02 Å². The molecule has 4 rings (SSSR count). The lowest BCUT2D eigenvalue weighted by atomic mass is 9.94. The molecule has 0 unspecified atom stereocenters. The first-order valence-electron chi connectivity index (χ1n) is 10.6. The summed E-state index contributed by atoms with van der Waals surface area (Å²) >= 11 is 6.15. The Bertz CT molecular complexity index is 1090. The van der Waals surface area contributed by atoms with Gasteiger partial charge < -0.3 is 10.2 Å². The third-order valence-corrected chi connectivity index (χ3v) is 6.18. The number of rotatable bonds is 5. The van der Waals surface area contributed by atoms with E-state index in [0.29, 0.717) is 23.7 Å². The highest BCUT2D eigenvalue weighted by atomic mass is 35.5. The number of benzene rings is 1. The van der Waals surface area contributed by atoms with Gasteiger partial charge in [0.25, 0.3) is 5.91 Å². The van der Waals surface area contributed by atoms with Gasteiger partial charge in [-0.1, -0.05) is 43.6 Å². The largest absolute Gasteiger partial charge is 0.341 e. The number of aromatic nitrogens is 3. The number of hydrogen-bond donors (Lipinski definition) is 1. The third kappa shape index (κ3) is 4.42. The molecule has 0 spiro atoms. The van der Waals surface area contributed by atoms with Crippen molar-refractivity contribution in [2.24, 2.45) is 5.92 Å². The number of nitrogens with one attached hydrogen (secondary N) is 1. The van der Waals surface area contributed by atoms with Crippen molar-refractivity contribution >= 4 is 29.1 Å². The lowest BCUT2D eigenvalue weighted by Crippen LogP contribution is -2.53. The van der Waals surface area contributed by atoms with Gasteiger partial charge in [0.1, 0.15) is 11.9 Å². The number of nitrogens with zero attached hydrogens (tertiary/aromatic N) is 4. The zero-order chi connectivity index (χ0) is 22.0. The average Bonchev–Trinajstić information content (AvgIpc) is 3.21. The van der Waals surface area contributed by atoms with Crippen LogP contribution in [-0.4, -0.2) is 50.4 Å². The second kappa shape index (κ2) is 9.06. The van der Waals surface area contributed by atoms with Gasteiger partial charge in [-0.3, -0.25) is 14.0 Å². The number of pyridine rings is 1. The Labute approximate surface area is 186 Å². The maximum Gasteiger partial charge on any atom is 0.253 e. The summed E-state index contributed by atoms with van der Waals surface area (Å²) < 4.78 is 2.02. The molecule has 31 heavy (non-hydrogen) atoms. The highest BCUT2D eigenvalue weighted by molar-refractivity contribution is 6.33. The minimum absolute atomic E-state index is 0.0444. The molecule has 1 fully saturated rings. The van der Waals surface area contributed by atoms with Gasteiger partial charge in [0.05, 0.1) is 10.6 Å². The molecule has 1 aromatic carbocycles. The molecule has 0 saturated carbocycles. The van der Waals surface area contributed by atoms with Crippen molar-refractivity contribution in [2.45, 2.75) is 38.6 Å². The van der Waals surface area contributed by atoms with Crippen LogP contribution in [0, 0.1) is 5.92 Å². The number of piperidine rings is 1. The third-order valence-electron chi connectivity index (χ3n) is 5.85. The molecule has 0 radical (unpaired) electrons. The van der Waals surface area contributed by atoms with Crippen LogP contribution in [-0.2, 0) is 4.79 Å². The number of halogens is 1. The number of likely N-dealkylation sites (tertiary alicyclic amines) is 1. The van der Waals surface area contributed by atoms with Crippen molar-refractivity contribution in [1.82, 2.24) is 24.8 Å². The summed E-state index contributed by atoms with van der Waals surface area (Å²) in [4.78, 5) is 27.8. The summed E-state index contributed by atoms with van der Waals surface area (Å²) in [6.07, 6.45) is 3.59. The van der Waals surface area contributed by atoms with Crippen LogP contribution in [0.4, 0.5) is 0 Å². The van der Waals surface area contributed by atoms with E-state index in [9.17, 15) is 9.59 Å². The highest BCUT2D eigenvalue weighted by Gasteiger charge is 2.33. The van der Waals surface area contributed by atoms with Crippen LogP contribution in [0.15, 0.2) is 48.7 Å². The Balaban J connectivity index is 1.42. The molecule has 1 N–H and O–H groups in total. The van der Waals surface area contributed by atoms with E-state index in [1.807, 2.05) is 47.5 Å². The van der Waals surface area contributed by atoms with Gasteiger partial charge in [-0.15, -0.1) is 10.2 Å². The molecule has 8 heteroatoms. The predicted molar refractivity (Wildman–Crippen MR) is 119 cm³/mol. The van der Waals surface area contributed by atoms with Crippen molar-refractivity contribution in [1.29, 1.82) is 0 Å². The van der Waals surface area contributed by atoms with E-state index >= 15 is 0 Å². The number of amides is 2. The number of fused-ring (bicyclic) bond motifs is 1. The van der Waals surface area contributed by atoms with Crippen LogP contribution in [0.1, 0.15) is 48.8 Å². The van der Waals surface area contributed by atoms with Crippen molar-refractivity contribution in [3.63, 3.8) is 0 Å². The van der Waals surface area contributed by atoms with Crippen molar-refractivity contribution in [2.75, 3.05) is 13.1 Å². The standard InChI is InChI=1S/C23H26ClN5O2/c1-15(2)20(25-22(30)17-7-3-4-8-18(17)24)23(31)28-13-10-16(11-14-28)21-27-26-19-9-5-6-12-29(19)21/h3-9,12,15-16,20H,10-11,13-14H2,1-2H3,(H,25,30)/t20-/m0/s1. The monoisotopic (exact) mass is 439 g/mol. The summed E-state index contributed by atoms with van der Waals surface area (Å²) in [5, 5.41) is 11.9. The Hall–Kier alpha value is -2.93. The van der Waals surface area contributed by atoms with Crippen LogP contribution in [0.5, 0.6) is 0 Å². The Kier molecular flexibility index (Phi) is 6.23. The van der Waals surface area contributed by atoms with E-state index in [1.54, 1.807) is 24.3 Å². The fourth-order valence-corrected chi connectivity index (χ4v) is 4.29. The van der Waals surface area contributed by atoms with Crippen LogP contribution < -0.4 is 5.32 Å².